The highest BCUT2D eigenvalue weighted by Crippen LogP contribution is 2.31. The molecule has 1 aromatic rings. The second-order valence-corrected chi connectivity index (χ2v) is 5.35. The highest BCUT2D eigenvalue weighted by molar-refractivity contribution is 5.50. The lowest BCUT2D eigenvalue weighted by atomic mass is 10.0. The molecule has 1 fully saturated rings. The van der Waals surface area contributed by atoms with E-state index >= 15 is 0 Å². The van der Waals surface area contributed by atoms with Crippen molar-refractivity contribution in [3.8, 4) is 0 Å². The van der Waals surface area contributed by atoms with Crippen molar-refractivity contribution in [2.24, 2.45) is 5.92 Å². The molecule has 1 aliphatic heterocycles. The number of halogens is 3. The Labute approximate surface area is 122 Å². The molecule has 0 saturated carbocycles. The molecule has 4 nitrogen and oxygen atoms in total. The predicted octanol–water partition coefficient (Wildman–Crippen LogP) is 3.55. The first kappa shape index (κ1) is 15.9. The summed E-state index contributed by atoms with van der Waals surface area (Å²) in [5.74, 6) is 0.0671. The smallest absolute Gasteiger partial charge is 0.370 e. The van der Waals surface area contributed by atoms with Gasteiger partial charge in [0.25, 0.3) is 0 Å². The molecule has 1 aliphatic rings. The van der Waals surface area contributed by atoms with Gasteiger partial charge in [-0.1, -0.05) is 13.3 Å². The summed E-state index contributed by atoms with van der Waals surface area (Å²) < 4.78 is 38.7. The Hall–Kier alpha value is -1.53. The van der Waals surface area contributed by atoms with Gasteiger partial charge in [0.15, 0.2) is 0 Å². The molecule has 2 rings (SSSR count). The van der Waals surface area contributed by atoms with Gasteiger partial charge in [0, 0.05) is 25.7 Å². The van der Waals surface area contributed by atoms with Crippen molar-refractivity contribution in [2.75, 3.05) is 29.9 Å². The number of rotatable bonds is 5. The largest absolute Gasteiger partial charge is 0.451 e. The lowest BCUT2D eigenvalue weighted by molar-refractivity contribution is -0.144. The minimum absolute atomic E-state index is 0.230. The van der Waals surface area contributed by atoms with E-state index in [4.69, 9.17) is 0 Å². The Balaban J connectivity index is 2.24. The van der Waals surface area contributed by atoms with E-state index in [-0.39, 0.29) is 5.82 Å². The van der Waals surface area contributed by atoms with Gasteiger partial charge >= 0.3 is 6.18 Å². The molecule has 1 saturated heterocycles. The van der Waals surface area contributed by atoms with E-state index in [1.54, 1.807) is 6.07 Å². The fourth-order valence-electron chi connectivity index (χ4n) is 2.68. The average Bonchev–Trinajstić information content (AvgIpc) is 2.87. The average molecular weight is 302 g/mol. The zero-order valence-electron chi connectivity index (χ0n) is 12.4. The summed E-state index contributed by atoms with van der Waals surface area (Å²) in [6.45, 7) is 5.99. The van der Waals surface area contributed by atoms with E-state index in [2.05, 4.69) is 22.2 Å². The van der Waals surface area contributed by atoms with Crippen LogP contribution in [-0.4, -0.2) is 29.6 Å². The van der Waals surface area contributed by atoms with Crippen LogP contribution in [0, 0.1) is 5.92 Å². The van der Waals surface area contributed by atoms with Gasteiger partial charge in [0.05, 0.1) is 0 Å². The molecule has 118 valence electrons. The van der Waals surface area contributed by atoms with Gasteiger partial charge in [0.1, 0.15) is 11.6 Å². The summed E-state index contributed by atoms with van der Waals surface area (Å²) in [7, 11) is 0. The molecule has 0 radical (unpaired) electrons. The fourth-order valence-corrected chi connectivity index (χ4v) is 2.68. The molecule has 1 aromatic heterocycles. The molecule has 0 bridgehead atoms. The molecule has 0 spiro atoms. The van der Waals surface area contributed by atoms with Gasteiger partial charge in [-0.15, -0.1) is 0 Å². The SMILES string of the molecule is CCCC1CCN(c2cc(NCC)nc(C(F)(F)F)n2)C1. The summed E-state index contributed by atoms with van der Waals surface area (Å²) >= 11 is 0. The van der Waals surface area contributed by atoms with Crippen molar-refractivity contribution in [3.05, 3.63) is 11.9 Å². The molecule has 21 heavy (non-hydrogen) atoms. The highest BCUT2D eigenvalue weighted by Gasteiger charge is 2.36. The van der Waals surface area contributed by atoms with Gasteiger partial charge in [0.2, 0.25) is 5.82 Å². The second-order valence-electron chi connectivity index (χ2n) is 5.35. The van der Waals surface area contributed by atoms with Crippen LogP contribution in [0.4, 0.5) is 24.8 Å². The number of alkyl halides is 3. The van der Waals surface area contributed by atoms with Crippen molar-refractivity contribution < 1.29 is 13.2 Å². The number of nitrogens with zero attached hydrogens (tertiary/aromatic N) is 3. The minimum Gasteiger partial charge on any atom is -0.370 e. The first-order valence-electron chi connectivity index (χ1n) is 7.39. The Morgan fingerprint density at radius 2 is 2.10 bits per heavy atom. The number of anilines is 2. The molecule has 2 heterocycles. The van der Waals surface area contributed by atoms with Crippen LogP contribution in [0.15, 0.2) is 6.07 Å². The normalized spacial score (nSPS) is 19.1. The van der Waals surface area contributed by atoms with Gasteiger partial charge in [-0.25, -0.2) is 9.97 Å². The molecule has 1 atom stereocenters. The predicted molar refractivity (Wildman–Crippen MR) is 76.4 cm³/mol. The summed E-state index contributed by atoms with van der Waals surface area (Å²) in [4.78, 5) is 9.19. The fraction of sp³-hybridized carbons (Fsp3) is 0.714. The topological polar surface area (TPSA) is 41.0 Å². The van der Waals surface area contributed by atoms with Gasteiger partial charge in [-0.3, -0.25) is 0 Å². The number of hydrogen-bond acceptors (Lipinski definition) is 4. The lowest BCUT2D eigenvalue weighted by Gasteiger charge is -2.19. The van der Waals surface area contributed by atoms with E-state index in [1.807, 2.05) is 11.8 Å². The Morgan fingerprint density at radius 1 is 1.33 bits per heavy atom. The number of nitrogens with one attached hydrogen (secondary N) is 1. The maximum Gasteiger partial charge on any atom is 0.451 e. The van der Waals surface area contributed by atoms with Crippen molar-refractivity contribution >= 4 is 11.6 Å². The van der Waals surface area contributed by atoms with Crippen molar-refractivity contribution in [3.63, 3.8) is 0 Å². The van der Waals surface area contributed by atoms with Crippen LogP contribution in [0.2, 0.25) is 0 Å². The number of hydrogen-bond donors (Lipinski definition) is 1. The van der Waals surface area contributed by atoms with Gasteiger partial charge < -0.3 is 10.2 Å². The highest BCUT2D eigenvalue weighted by atomic mass is 19.4. The zero-order valence-corrected chi connectivity index (χ0v) is 12.4. The molecule has 7 heteroatoms. The third kappa shape index (κ3) is 3.98. The Bertz CT molecular complexity index is 476. The monoisotopic (exact) mass is 302 g/mol. The van der Waals surface area contributed by atoms with Crippen LogP contribution < -0.4 is 10.2 Å². The first-order valence-corrected chi connectivity index (χ1v) is 7.39. The van der Waals surface area contributed by atoms with E-state index in [1.165, 1.54) is 0 Å². The van der Waals surface area contributed by atoms with Crippen LogP contribution in [0.3, 0.4) is 0 Å². The zero-order chi connectivity index (χ0) is 15.5. The van der Waals surface area contributed by atoms with Crippen LogP contribution in [0.5, 0.6) is 0 Å². The third-order valence-electron chi connectivity index (χ3n) is 3.63. The summed E-state index contributed by atoms with van der Waals surface area (Å²) in [5.41, 5.74) is 0. The maximum absolute atomic E-state index is 12.9. The van der Waals surface area contributed by atoms with E-state index in [0.717, 1.165) is 32.4 Å². The number of aromatic nitrogens is 2. The molecule has 0 amide bonds. The molecular formula is C14H21F3N4. The lowest BCUT2D eigenvalue weighted by Crippen LogP contribution is -2.23. The van der Waals surface area contributed by atoms with Crippen LogP contribution in [0.1, 0.15) is 38.9 Å². The van der Waals surface area contributed by atoms with Crippen molar-refractivity contribution in [1.82, 2.24) is 9.97 Å². The molecule has 1 N–H and O–H groups in total. The first-order chi connectivity index (χ1) is 9.94. The molecule has 0 aromatic carbocycles. The summed E-state index contributed by atoms with van der Waals surface area (Å²) in [5, 5.41) is 2.84. The summed E-state index contributed by atoms with van der Waals surface area (Å²) in [6, 6.07) is 1.60. The maximum atomic E-state index is 12.9. The second kappa shape index (κ2) is 6.49. The van der Waals surface area contributed by atoms with Crippen molar-refractivity contribution in [2.45, 2.75) is 39.3 Å². The van der Waals surface area contributed by atoms with Crippen LogP contribution in [-0.2, 0) is 6.18 Å². The van der Waals surface area contributed by atoms with Crippen LogP contribution in [0.25, 0.3) is 0 Å². The van der Waals surface area contributed by atoms with Crippen molar-refractivity contribution in [1.29, 1.82) is 0 Å². The summed E-state index contributed by atoms with van der Waals surface area (Å²) in [6.07, 6.45) is -1.31. The standard InChI is InChI=1S/C14H21F3N4/c1-3-5-10-6-7-21(9-10)12-8-11(18-4-2)19-13(20-12)14(15,16)17/h8,10H,3-7,9H2,1-2H3,(H,18,19,20). The Kier molecular flexibility index (Phi) is 4.90. The quantitative estimate of drug-likeness (QED) is 0.903. The van der Waals surface area contributed by atoms with Gasteiger partial charge in [-0.05, 0) is 25.7 Å². The van der Waals surface area contributed by atoms with E-state index in [0.29, 0.717) is 18.3 Å². The van der Waals surface area contributed by atoms with E-state index in [9.17, 15) is 13.2 Å². The van der Waals surface area contributed by atoms with E-state index < -0.39 is 12.0 Å². The third-order valence-corrected chi connectivity index (χ3v) is 3.63. The minimum atomic E-state index is -4.53. The molecule has 1 unspecified atom stereocenters. The Morgan fingerprint density at radius 3 is 2.71 bits per heavy atom. The molecule has 0 aliphatic carbocycles. The van der Waals surface area contributed by atoms with Gasteiger partial charge in [-0.2, -0.15) is 13.2 Å². The van der Waals surface area contributed by atoms with Crippen LogP contribution >= 0.6 is 0 Å². The molecular weight excluding hydrogens is 281 g/mol.